The highest BCUT2D eigenvalue weighted by atomic mass is 16.2. The molecule has 0 saturated carbocycles. The molecule has 2 aromatic rings. The van der Waals surface area contributed by atoms with Crippen molar-refractivity contribution in [2.75, 3.05) is 13.1 Å². The maximum absolute atomic E-state index is 12.5. The molecule has 0 atom stereocenters. The van der Waals surface area contributed by atoms with Gasteiger partial charge in [0.15, 0.2) is 5.69 Å². The highest BCUT2D eigenvalue weighted by Crippen LogP contribution is 2.16. The molecule has 0 fully saturated rings. The van der Waals surface area contributed by atoms with Crippen LogP contribution >= 0.6 is 0 Å². The average Bonchev–Trinajstić information content (AvgIpc) is 3.17. The number of rotatable bonds is 4. The number of amides is 2. The molecule has 1 aliphatic heterocycles. The van der Waals surface area contributed by atoms with E-state index in [1.165, 1.54) is 0 Å². The van der Waals surface area contributed by atoms with Crippen LogP contribution in [0.4, 0.5) is 0 Å². The molecule has 1 N–H and O–H groups in total. The average molecular weight is 330 g/mol. The van der Waals surface area contributed by atoms with E-state index >= 15 is 0 Å². The van der Waals surface area contributed by atoms with E-state index in [-0.39, 0.29) is 11.8 Å². The fourth-order valence-corrected chi connectivity index (χ4v) is 2.63. The van der Waals surface area contributed by atoms with Gasteiger partial charge < -0.3 is 10.2 Å². The van der Waals surface area contributed by atoms with Gasteiger partial charge in [0.05, 0.1) is 18.8 Å². The third kappa shape index (κ3) is 3.32. The number of nitrogens with one attached hydrogen (secondary N) is 1. The summed E-state index contributed by atoms with van der Waals surface area (Å²) in [5.74, 6) is 0.111. The molecule has 3 rings (SSSR count). The van der Waals surface area contributed by atoms with E-state index in [2.05, 4.69) is 15.5 Å². The Kier molecular flexibility index (Phi) is 4.37. The molecule has 0 aliphatic carbocycles. The number of aryl methyl sites for hydroxylation is 1. The first-order valence-corrected chi connectivity index (χ1v) is 8.08. The Morgan fingerprint density at radius 2 is 2.04 bits per heavy atom. The molecule has 2 amide bonds. The number of fused-ring (bicyclic) bond motifs is 1. The zero-order valence-corrected chi connectivity index (χ0v) is 14.2. The topological polar surface area (TPSA) is 85.0 Å². The fraction of sp³-hybridized carbons (Fsp3) is 0.500. The lowest BCUT2D eigenvalue weighted by molar-refractivity contribution is 0.0698. The Morgan fingerprint density at radius 3 is 2.71 bits per heavy atom. The molecule has 0 saturated heterocycles. The molecule has 2 aromatic heterocycles. The number of carbonyl (C=O) groups is 2. The molecule has 0 unspecified atom stereocenters. The van der Waals surface area contributed by atoms with Gasteiger partial charge in [-0.1, -0.05) is 13.8 Å². The number of carbonyl (C=O) groups excluding carboxylic acids is 2. The fourth-order valence-electron chi connectivity index (χ4n) is 2.63. The van der Waals surface area contributed by atoms with Crippen LogP contribution < -0.4 is 5.32 Å². The zero-order chi connectivity index (χ0) is 17.3. The first kappa shape index (κ1) is 16.2. The Labute approximate surface area is 140 Å². The van der Waals surface area contributed by atoms with Gasteiger partial charge in [0.25, 0.3) is 11.8 Å². The van der Waals surface area contributed by atoms with E-state index in [0.717, 1.165) is 5.69 Å². The van der Waals surface area contributed by atoms with Crippen LogP contribution in [0.5, 0.6) is 0 Å². The predicted octanol–water partition coefficient (Wildman–Crippen LogP) is 0.658. The molecule has 8 nitrogen and oxygen atoms in total. The van der Waals surface area contributed by atoms with E-state index in [1.54, 1.807) is 39.6 Å². The van der Waals surface area contributed by atoms with Gasteiger partial charge in [-0.3, -0.25) is 19.0 Å². The van der Waals surface area contributed by atoms with Crippen LogP contribution in [-0.2, 0) is 20.1 Å². The Hall–Kier alpha value is -2.64. The largest absolute Gasteiger partial charge is 0.350 e. The van der Waals surface area contributed by atoms with Gasteiger partial charge in [0.1, 0.15) is 5.69 Å². The second kappa shape index (κ2) is 6.46. The van der Waals surface area contributed by atoms with Crippen LogP contribution in [0.3, 0.4) is 0 Å². The first-order chi connectivity index (χ1) is 11.4. The smallest absolute Gasteiger partial charge is 0.274 e. The van der Waals surface area contributed by atoms with E-state index in [0.29, 0.717) is 43.5 Å². The van der Waals surface area contributed by atoms with Crippen molar-refractivity contribution in [3.8, 4) is 0 Å². The highest BCUT2D eigenvalue weighted by molar-refractivity contribution is 5.93. The summed E-state index contributed by atoms with van der Waals surface area (Å²) in [5, 5.41) is 11.4. The number of hydrogen-bond donors (Lipinski definition) is 1. The van der Waals surface area contributed by atoms with Crippen molar-refractivity contribution in [3.05, 3.63) is 35.4 Å². The van der Waals surface area contributed by atoms with Crippen molar-refractivity contribution in [1.29, 1.82) is 0 Å². The zero-order valence-electron chi connectivity index (χ0n) is 14.2. The van der Waals surface area contributed by atoms with Crippen LogP contribution in [0.25, 0.3) is 0 Å². The Bertz CT molecular complexity index is 760. The molecule has 8 heteroatoms. The number of aromatic nitrogens is 4. The van der Waals surface area contributed by atoms with Crippen molar-refractivity contribution < 1.29 is 9.59 Å². The van der Waals surface area contributed by atoms with Crippen molar-refractivity contribution >= 4 is 11.8 Å². The Balaban J connectivity index is 1.70. The summed E-state index contributed by atoms with van der Waals surface area (Å²) < 4.78 is 3.41. The van der Waals surface area contributed by atoms with E-state index in [9.17, 15) is 9.59 Å². The van der Waals surface area contributed by atoms with Crippen LogP contribution in [0, 0.1) is 5.92 Å². The first-order valence-electron chi connectivity index (χ1n) is 8.08. The summed E-state index contributed by atoms with van der Waals surface area (Å²) in [5.41, 5.74) is 1.69. The summed E-state index contributed by atoms with van der Waals surface area (Å²) in [6.45, 7) is 6.26. The molecule has 0 aromatic carbocycles. The van der Waals surface area contributed by atoms with Gasteiger partial charge in [-0.05, 0) is 18.1 Å². The third-order valence-electron chi connectivity index (χ3n) is 3.92. The molecule has 0 spiro atoms. The van der Waals surface area contributed by atoms with Crippen LogP contribution in [0.2, 0.25) is 0 Å². The molecule has 1 aliphatic rings. The van der Waals surface area contributed by atoms with Crippen molar-refractivity contribution in [2.24, 2.45) is 13.0 Å². The maximum Gasteiger partial charge on any atom is 0.274 e. The lowest BCUT2D eigenvalue weighted by Gasteiger charge is -2.26. The molecule has 128 valence electrons. The molecule has 0 radical (unpaired) electrons. The Morgan fingerprint density at radius 1 is 1.25 bits per heavy atom. The molecule has 3 heterocycles. The van der Waals surface area contributed by atoms with Gasteiger partial charge in [0.2, 0.25) is 0 Å². The van der Waals surface area contributed by atoms with Gasteiger partial charge in [-0.2, -0.15) is 10.2 Å². The van der Waals surface area contributed by atoms with Gasteiger partial charge in [-0.25, -0.2) is 0 Å². The lowest BCUT2D eigenvalue weighted by Crippen LogP contribution is -2.38. The summed E-state index contributed by atoms with van der Waals surface area (Å²) in [6.07, 6.45) is 1.75. The van der Waals surface area contributed by atoms with E-state index in [4.69, 9.17) is 0 Å². The van der Waals surface area contributed by atoms with Gasteiger partial charge in [0, 0.05) is 26.3 Å². The monoisotopic (exact) mass is 330 g/mol. The molecular weight excluding hydrogens is 308 g/mol. The summed E-state index contributed by atoms with van der Waals surface area (Å²) >= 11 is 0. The minimum Gasteiger partial charge on any atom is -0.350 e. The molecular formula is C16H22N6O2. The van der Waals surface area contributed by atoms with Crippen LogP contribution in [0.15, 0.2) is 18.3 Å². The van der Waals surface area contributed by atoms with Crippen molar-refractivity contribution in [2.45, 2.75) is 26.9 Å². The molecule has 0 bridgehead atoms. The summed E-state index contributed by atoms with van der Waals surface area (Å²) in [7, 11) is 1.78. The van der Waals surface area contributed by atoms with E-state index < -0.39 is 0 Å². The lowest BCUT2D eigenvalue weighted by atomic mass is 10.2. The highest BCUT2D eigenvalue weighted by Gasteiger charge is 2.25. The van der Waals surface area contributed by atoms with Crippen molar-refractivity contribution in [3.63, 3.8) is 0 Å². The normalized spacial score (nSPS) is 13.9. The predicted molar refractivity (Wildman–Crippen MR) is 87.3 cm³/mol. The minimum absolute atomic E-state index is 0.103. The quantitative estimate of drug-likeness (QED) is 0.892. The van der Waals surface area contributed by atoms with Crippen LogP contribution in [0.1, 0.15) is 40.5 Å². The van der Waals surface area contributed by atoms with Crippen LogP contribution in [-0.4, -0.2) is 49.4 Å². The number of hydrogen-bond acceptors (Lipinski definition) is 4. The van der Waals surface area contributed by atoms with Gasteiger partial charge in [-0.15, -0.1) is 0 Å². The molecule has 24 heavy (non-hydrogen) atoms. The number of nitrogens with zero attached hydrogens (tertiary/aromatic N) is 5. The third-order valence-corrected chi connectivity index (χ3v) is 3.92. The standard InChI is InChI=1S/C16H22N6O2/c1-11(2)9-17-15(23)14-8-12-10-21(6-7-22(12)19-14)16(24)13-4-5-20(3)18-13/h4-5,8,11H,6-7,9-10H2,1-3H3,(H,17,23). The van der Waals surface area contributed by atoms with Crippen molar-refractivity contribution in [1.82, 2.24) is 29.8 Å². The minimum atomic E-state index is -0.173. The maximum atomic E-state index is 12.5. The summed E-state index contributed by atoms with van der Waals surface area (Å²) in [4.78, 5) is 26.3. The van der Waals surface area contributed by atoms with E-state index in [1.807, 2.05) is 13.8 Å². The van der Waals surface area contributed by atoms with Gasteiger partial charge >= 0.3 is 0 Å². The SMILES string of the molecule is CC(C)CNC(=O)c1cc2n(n1)CCN(C(=O)c1ccn(C)n1)C2. The summed E-state index contributed by atoms with van der Waals surface area (Å²) in [6, 6.07) is 3.46. The second-order valence-electron chi connectivity index (χ2n) is 6.45. The second-order valence-corrected chi connectivity index (χ2v) is 6.45.